The molecule has 1 aromatic rings. The average Bonchev–Trinajstić information content (AvgIpc) is 2.82. The fourth-order valence-electron chi connectivity index (χ4n) is 4.56. The van der Waals surface area contributed by atoms with Crippen LogP contribution in [0.15, 0.2) is 35.9 Å². The summed E-state index contributed by atoms with van der Waals surface area (Å²) in [5.74, 6) is 1.46. The van der Waals surface area contributed by atoms with Gasteiger partial charge in [0.05, 0.1) is 39.6 Å². The van der Waals surface area contributed by atoms with E-state index in [-0.39, 0.29) is 5.92 Å². The van der Waals surface area contributed by atoms with E-state index in [0.29, 0.717) is 57.9 Å². The minimum absolute atomic E-state index is 0.0713. The molecule has 0 aliphatic heterocycles. The van der Waals surface area contributed by atoms with Gasteiger partial charge >= 0.3 is 0 Å². The zero-order chi connectivity index (χ0) is 25.5. The Morgan fingerprint density at radius 1 is 1.03 bits per heavy atom. The predicted octanol–water partition coefficient (Wildman–Crippen LogP) is 6.96. The van der Waals surface area contributed by atoms with Crippen molar-refractivity contribution in [2.24, 2.45) is 5.92 Å². The molecule has 2 atom stereocenters. The van der Waals surface area contributed by atoms with Crippen LogP contribution in [0.3, 0.4) is 0 Å². The summed E-state index contributed by atoms with van der Waals surface area (Å²) in [7, 11) is 0. The maximum atomic E-state index is 11.1. The highest BCUT2D eigenvalue weighted by molar-refractivity contribution is 9.09. The highest BCUT2D eigenvalue weighted by Gasteiger charge is 2.30. The minimum atomic E-state index is 0.0713. The SMILES string of the molecule is C=C(C)C1CCC(C)=CC1c1c(O)cc(CCCCC)cc1OCCOCCOCCOCCBr. The summed E-state index contributed by atoms with van der Waals surface area (Å²) in [6.07, 6.45) is 8.80. The topological polar surface area (TPSA) is 57.2 Å². The van der Waals surface area contributed by atoms with Crippen molar-refractivity contribution in [3.8, 4) is 11.5 Å². The largest absolute Gasteiger partial charge is 0.507 e. The van der Waals surface area contributed by atoms with Gasteiger partial charge in [-0.05, 0) is 63.1 Å². The summed E-state index contributed by atoms with van der Waals surface area (Å²) in [6, 6.07) is 4.05. The fraction of sp³-hybridized carbons (Fsp3) is 0.655. The summed E-state index contributed by atoms with van der Waals surface area (Å²) in [5, 5.41) is 12.0. The average molecular weight is 554 g/mol. The standard InChI is InChI=1S/C29H45BrO5/c1-5-6-7-8-24-20-27(31)29(26-19-23(4)9-10-25(26)22(2)3)28(21-24)35-18-17-34-16-15-33-14-13-32-12-11-30/h19-21,25-26,31H,2,5-18H2,1,3-4H3. The van der Waals surface area contributed by atoms with Crippen molar-refractivity contribution in [3.05, 3.63) is 47.1 Å². The molecule has 6 heteroatoms. The number of ether oxygens (including phenoxy) is 4. The van der Waals surface area contributed by atoms with Gasteiger partial charge in [-0.25, -0.2) is 0 Å². The maximum Gasteiger partial charge on any atom is 0.127 e. The van der Waals surface area contributed by atoms with Crippen LogP contribution < -0.4 is 4.74 Å². The number of unbranched alkanes of at least 4 members (excludes halogenated alkanes) is 2. The lowest BCUT2D eigenvalue weighted by atomic mass is 9.73. The van der Waals surface area contributed by atoms with E-state index >= 15 is 0 Å². The highest BCUT2D eigenvalue weighted by atomic mass is 79.9. The third kappa shape index (κ3) is 10.7. The lowest BCUT2D eigenvalue weighted by Gasteiger charge is -2.32. The van der Waals surface area contributed by atoms with E-state index in [1.165, 1.54) is 18.4 Å². The Balaban J connectivity index is 2.01. The number of hydrogen-bond donors (Lipinski definition) is 1. The van der Waals surface area contributed by atoms with Gasteiger partial charge in [-0.15, -0.1) is 0 Å². The maximum absolute atomic E-state index is 11.1. The highest BCUT2D eigenvalue weighted by Crippen LogP contribution is 2.47. The third-order valence-electron chi connectivity index (χ3n) is 6.41. The molecule has 0 saturated heterocycles. The summed E-state index contributed by atoms with van der Waals surface area (Å²) in [5.41, 5.74) is 4.50. The van der Waals surface area contributed by atoms with Crippen molar-refractivity contribution in [2.75, 3.05) is 51.6 Å². The van der Waals surface area contributed by atoms with E-state index in [0.717, 1.165) is 53.5 Å². The Morgan fingerprint density at radius 2 is 1.69 bits per heavy atom. The van der Waals surface area contributed by atoms with Crippen LogP contribution >= 0.6 is 15.9 Å². The van der Waals surface area contributed by atoms with Crippen LogP contribution in [0.5, 0.6) is 11.5 Å². The quantitative estimate of drug-likeness (QED) is 0.121. The first-order chi connectivity index (χ1) is 17.0. The van der Waals surface area contributed by atoms with Gasteiger partial charge in [-0.1, -0.05) is 59.5 Å². The molecule has 0 heterocycles. The van der Waals surface area contributed by atoms with Gasteiger partial charge in [-0.2, -0.15) is 0 Å². The first-order valence-corrected chi connectivity index (χ1v) is 14.2. The van der Waals surface area contributed by atoms with E-state index in [2.05, 4.69) is 55.4 Å². The van der Waals surface area contributed by atoms with E-state index in [9.17, 15) is 5.11 Å². The first kappa shape index (κ1) is 29.9. The molecule has 0 spiro atoms. The van der Waals surface area contributed by atoms with Crippen molar-refractivity contribution in [1.82, 2.24) is 0 Å². The number of alkyl halides is 1. The Kier molecular flexibility index (Phi) is 14.7. The first-order valence-electron chi connectivity index (χ1n) is 13.1. The molecule has 1 aliphatic rings. The van der Waals surface area contributed by atoms with Gasteiger partial charge in [0.15, 0.2) is 0 Å². The lowest BCUT2D eigenvalue weighted by Crippen LogP contribution is -2.19. The normalized spacial score (nSPS) is 17.9. The summed E-state index contributed by atoms with van der Waals surface area (Å²) in [6.45, 7) is 14.5. The van der Waals surface area contributed by atoms with Crippen LogP contribution in [0.4, 0.5) is 0 Å². The number of benzene rings is 1. The smallest absolute Gasteiger partial charge is 0.127 e. The minimum Gasteiger partial charge on any atom is -0.507 e. The van der Waals surface area contributed by atoms with Crippen LogP contribution in [-0.4, -0.2) is 56.7 Å². The van der Waals surface area contributed by atoms with Gasteiger partial charge in [-0.3, -0.25) is 0 Å². The van der Waals surface area contributed by atoms with Crippen LogP contribution in [0, 0.1) is 5.92 Å². The number of allylic oxidation sites excluding steroid dienone is 3. The number of hydrogen-bond acceptors (Lipinski definition) is 5. The van der Waals surface area contributed by atoms with E-state index < -0.39 is 0 Å². The Morgan fingerprint density at radius 3 is 2.31 bits per heavy atom. The number of phenolic OH excluding ortho intramolecular Hbond substituents is 1. The molecule has 1 N–H and O–H groups in total. The number of rotatable bonds is 18. The Bertz CT molecular complexity index is 792. The van der Waals surface area contributed by atoms with Crippen LogP contribution in [0.1, 0.15) is 69.9 Å². The molecule has 1 aromatic carbocycles. The molecule has 2 rings (SSSR count). The molecule has 0 fully saturated rings. The molecule has 198 valence electrons. The molecule has 0 amide bonds. The number of phenols is 1. The van der Waals surface area contributed by atoms with Crippen LogP contribution in [0.25, 0.3) is 0 Å². The molecule has 35 heavy (non-hydrogen) atoms. The van der Waals surface area contributed by atoms with E-state index in [4.69, 9.17) is 18.9 Å². The number of aromatic hydroxyl groups is 1. The van der Waals surface area contributed by atoms with Crippen molar-refractivity contribution in [1.29, 1.82) is 0 Å². The molecule has 0 bridgehead atoms. The van der Waals surface area contributed by atoms with Gasteiger partial charge in [0.2, 0.25) is 0 Å². The Labute approximate surface area is 221 Å². The van der Waals surface area contributed by atoms with Crippen molar-refractivity contribution < 1.29 is 24.1 Å². The van der Waals surface area contributed by atoms with E-state index in [1.54, 1.807) is 0 Å². The van der Waals surface area contributed by atoms with Gasteiger partial charge in [0.25, 0.3) is 0 Å². The molecule has 0 aromatic heterocycles. The van der Waals surface area contributed by atoms with Gasteiger partial charge < -0.3 is 24.1 Å². The van der Waals surface area contributed by atoms with Gasteiger partial charge in [0.1, 0.15) is 18.1 Å². The van der Waals surface area contributed by atoms with Crippen molar-refractivity contribution >= 4 is 15.9 Å². The monoisotopic (exact) mass is 552 g/mol. The van der Waals surface area contributed by atoms with Crippen LogP contribution in [0.2, 0.25) is 0 Å². The van der Waals surface area contributed by atoms with Crippen LogP contribution in [-0.2, 0) is 20.6 Å². The second-order valence-electron chi connectivity index (χ2n) is 9.39. The zero-order valence-corrected chi connectivity index (χ0v) is 23.5. The summed E-state index contributed by atoms with van der Waals surface area (Å²) >= 11 is 3.33. The third-order valence-corrected chi connectivity index (χ3v) is 6.74. The second kappa shape index (κ2) is 17.2. The summed E-state index contributed by atoms with van der Waals surface area (Å²) < 4.78 is 22.8. The second-order valence-corrected chi connectivity index (χ2v) is 10.2. The molecule has 2 unspecified atom stereocenters. The van der Waals surface area contributed by atoms with E-state index in [1.807, 2.05) is 6.07 Å². The summed E-state index contributed by atoms with van der Waals surface area (Å²) in [4.78, 5) is 0. The fourth-order valence-corrected chi connectivity index (χ4v) is 4.79. The molecular weight excluding hydrogens is 508 g/mol. The lowest BCUT2D eigenvalue weighted by molar-refractivity contribution is 0.0118. The van der Waals surface area contributed by atoms with Gasteiger partial charge in [0, 0.05) is 16.8 Å². The Hall–Kier alpha value is -1.34. The number of halogens is 1. The van der Waals surface area contributed by atoms with Crippen molar-refractivity contribution in [2.45, 2.75) is 65.2 Å². The molecule has 0 saturated carbocycles. The predicted molar refractivity (Wildman–Crippen MR) is 147 cm³/mol. The molecule has 0 radical (unpaired) electrons. The molecule has 5 nitrogen and oxygen atoms in total. The zero-order valence-electron chi connectivity index (χ0n) is 22.0. The molecule has 1 aliphatic carbocycles. The number of aryl methyl sites for hydroxylation is 1. The van der Waals surface area contributed by atoms with Crippen molar-refractivity contribution in [3.63, 3.8) is 0 Å². The molecular formula is C29H45BrO5.